The second-order valence-electron chi connectivity index (χ2n) is 7.03. The Kier molecular flexibility index (Phi) is 8.06. The summed E-state index contributed by atoms with van der Waals surface area (Å²) in [7, 11) is 3.52. The number of hydrogen-bond acceptors (Lipinski definition) is 3. The van der Waals surface area contributed by atoms with Gasteiger partial charge in [-0.25, -0.2) is 0 Å². The van der Waals surface area contributed by atoms with Crippen LogP contribution in [0.1, 0.15) is 37.3 Å². The molecule has 1 heterocycles. The highest BCUT2D eigenvalue weighted by molar-refractivity contribution is 5.79. The van der Waals surface area contributed by atoms with E-state index >= 15 is 0 Å². The Morgan fingerprint density at radius 3 is 2.68 bits per heavy atom. The van der Waals surface area contributed by atoms with Crippen LogP contribution in [0.4, 0.5) is 0 Å². The molecule has 1 fully saturated rings. The maximum Gasteiger partial charge on any atom is 0.191 e. The van der Waals surface area contributed by atoms with Crippen LogP contribution in [-0.4, -0.2) is 51.2 Å². The van der Waals surface area contributed by atoms with E-state index in [4.69, 9.17) is 4.74 Å². The summed E-state index contributed by atoms with van der Waals surface area (Å²) in [4.78, 5) is 6.89. The minimum Gasteiger partial charge on any atom is -0.496 e. The van der Waals surface area contributed by atoms with Gasteiger partial charge in [0.2, 0.25) is 0 Å². The molecule has 1 aliphatic heterocycles. The highest BCUT2D eigenvalue weighted by Gasteiger charge is 2.14. The van der Waals surface area contributed by atoms with E-state index in [-0.39, 0.29) is 0 Å². The van der Waals surface area contributed by atoms with Gasteiger partial charge in [-0.3, -0.25) is 4.99 Å². The van der Waals surface area contributed by atoms with Crippen LogP contribution < -0.4 is 15.4 Å². The molecule has 2 N–H and O–H groups in total. The first-order valence-electron chi connectivity index (χ1n) is 9.42. The van der Waals surface area contributed by atoms with Crippen molar-refractivity contribution in [1.29, 1.82) is 0 Å². The zero-order valence-corrected chi connectivity index (χ0v) is 16.3. The quantitative estimate of drug-likeness (QED) is 0.453. The molecule has 1 aromatic rings. The second-order valence-corrected chi connectivity index (χ2v) is 7.03. The van der Waals surface area contributed by atoms with Crippen molar-refractivity contribution in [3.8, 4) is 5.75 Å². The first-order chi connectivity index (χ1) is 12.1. The number of nitrogens with zero attached hydrogens (tertiary/aromatic N) is 2. The minimum absolute atomic E-state index is 0.758. The zero-order chi connectivity index (χ0) is 18.1. The number of guanidine groups is 1. The van der Waals surface area contributed by atoms with E-state index in [1.807, 2.05) is 13.1 Å². The third kappa shape index (κ3) is 6.58. The monoisotopic (exact) mass is 346 g/mol. The number of likely N-dealkylation sites (tertiary alicyclic amines) is 1. The number of benzene rings is 1. The van der Waals surface area contributed by atoms with Crippen molar-refractivity contribution < 1.29 is 4.74 Å². The Bertz CT molecular complexity index is 551. The van der Waals surface area contributed by atoms with E-state index in [0.29, 0.717) is 0 Å². The summed E-state index contributed by atoms with van der Waals surface area (Å²) in [5, 5.41) is 6.79. The summed E-state index contributed by atoms with van der Waals surface area (Å²) in [5.41, 5.74) is 2.38. The summed E-state index contributed by atoms with van der Waals surface area (Å²) in [6.45, 7) is 9.82. The average molecular weight is 347 g/mol. The van der Waals surface area contributed by atoms with Gasteiger partial charge in [-0.1, -0.05) is 19.1 Å². The molecule has 5 heteroatoms. The minimum atomic E-state index is 0.758. The van der Waals surface area contributed by atoms with E-state index in [0.717, 1.165) is 42.7 Å². The van der Waals surface area contributed by atoms with Gasteiger partial charge in [-0.05, 0) is 68.9 Å². The molecule has 0 saturated carbocycles. The maximum absolute atomic E-state index is 5.31. The highest BCUT2D eigenvalue weighted by Crippen LogP contribution is 2.18. The highest BCUT2D eigenvalue weighted by atomic mass is 16.5. The number of piperidine rings is 1. The molecular weight excluding hydrogens is 312 g/mol. The molecule has 1 aromatic carbocycles. The normalized spacial score (nSPS) is 16.7. The van der Waals surface area contributed by atoms with Gasteiger partial charge in [-0.2, -0.15) is 0 Å². The van der Waals surface area contributed by atoms with Crippen molar-refractivity contribution in [2.45, 2.75) is 39.7 Å². The molecule has 0 atom stereocenters. The van der Waals surface area contributed by atoms with Crippen LogP contribution in [0.2, 0.25) is 0 Å². The third-order valence-corrected chi connectivity index (χ3v) is 4.96. The van der Waals surface area contributed by atoms with Crippen molar-refractivity contribution in [2.24, 2.45) is 10.9 Å². The lowest BCUT2D eigenvalue weighted by Crippen LogP contribution is -2.39. The predicted molar refractivity (Wildman–Crippen MR) is 105 cm³/mol. The predicted octanol–water partition coefficient (Wildman–Crippen LogP) is 2.79. The summed E-state index contributed by atoms with van der Waals surface area (Å²) in [6, 6.07) is 6.25. The largest absolute Gasteiger partial charge is 0.496 e. The molecule has 1 aliphatic rings. The fourth-order valence-electron chi connectivity index (χ4n) is 3.25. The van der Waals surface area contributed by atoms with Crippen LogP contribution in [0.3, 0.4) is 0 Å². The summed E-state index contributed by atoms with van der Waals surface area (Å²) in [6.07, 6.45) is 3.84. The lowest BCUT2D eigenvalue weighted by molar-refractivity contribution is 0.191. The lowest BCUT2D eigenvalue weighted by atomic mass is 9.99. The van der Waals surface area contributed by atoms with E-state index < -0.39 is 0 Å². The van der Waals surface area contributed by atoms with Gasteiger partial charge in [0.1, 0.15) is 5.75 Å². The molecule has 0 aromatic heterocycles. The Balaban J connectivity index is 1.66. The number of rotatable bonds is 7. The van der Waals surface area contributed by atoms with Crippen molar-refractivity contribution in [1.82, 2.24) is 15.5 Å². The van der Waals surface area contributed by atoms with Crippen LogP contribution in [0, 0.1) is 12.8 Å². The summed E-state index contributed by atoms with van der Waals surface area (Å²) < 4.78 is 5.31. The van der Waals surface area contributed by atoms with Gasteiger partial charge in [0.25, 0.3) is 0 Å². The fourth-order valence-corrected chi connectivity index (χ4v) is 3.25. The maximum atomic E-state index is 5.31. The van der Waals surface area contributed by atoms with E-state index in [9.17, 15) is 0 Å². The first kappa shape index (κ1) is 19.6. The Hall–Kier alpha value is -1.75. The van der Waals surface area contributed by atoms with E-state index in [2.05, 4.69) is 46.5 Å². The van der Waals surface area contributed by atoms with Gasteiger partial charge in [0.05, 0.1) is 7.11 Å². The van der Waals surface area contributed by atoms with E-state index in [1.54, 1.807) is 7.11 Å². The first-order valence-corrected chi connectivity index (χ1v) is 9.42. The number of nitrogens with one attached hydrogen (secondary N) is 2. The van der Waals surface area contributed by atoms with Crippen molar-refractivity contribution in [3.05, 3.63) is 29.3 Å². The van der Waals surface area contributed by atoms with Crippen molar-refractivity contribution in [2.75, 3.05) is 40.3 Å². The molecule has 5 nitrogen and oxygen atoms in total. The third-order valence-electron chi connectivity index (χ3n) is 4.96. The Morgan fingerprint density at radius 2 is 2.04 bits per heavy atom. The molecule has 0 unspecified atom stereocenters. The molecular formula is C20H34N4O. The van der Waals surface area contributed by atoms with Gasteiger partial charge in [0.15, 0.2) is 5.96 Å². The second kappa shape index (κ2) is 10.3. The number of aryl methyl sites for hydroxylation is 1. The lowest BCUT2D eigenvalue weighted by Gasteiger charge is -2.30. The smallest absolute Gasteiger partial charge is 0.191 e. The summed E-state index contributed by atoms with van der Waals surface area (Å²) in [5.74, 6) is 2.69. The number of aliphatic imine (C=N–C) groups is 1. The molecule has 0 bridgehead atoms. The van der Waals surface area contributed by atoms with Gasteiger partial charge >= 0.3 is 0 Å². The van der Waals surface area contributed by atoms with Gasteiger partial charge in [-0.15, -0.1) is 0 Å². The van der Waals surface area contributed by atoms with Crippen LogP contribution >= 0.6 is 0 Å². The Morgan fingerprint density at radius 1 is 1.28 bits per heavy atom. The standard InChI is InChI=1S/C20H34N4O/c1-16-8-12-24(13-9-16)11-5-10-22-20(21-3)23-15-18-6-7-19(25-4)17(2)14-18/h6-7,14,16H,5,8-13,15H2,1-4H3,(H2,21,22,23). The SMILES string of the molecule is CN=C(NCCCN1CCC(C)CC1)NCc1ccc(OC)c(C)c1. The molecule has 2 rings (SSSR count). The van der Waals surface area contributed by atoms with Crippen molar-refractivity contribution in [3.63, 3.8) is 0 Å². The average Bonchev–Trinajstić information content (AvgIpc) is 2.62. The number of ether oxygens (including phenoxy) is 1. The van der Waals surface area contributed by atoms with Gasteiger partial charge in [0, 0.05) is 20.1 Å². The topological polar surface area (TPSA) is 48.9 Å². The fraction of sp³-hybridized carbons (Fsp3) is 0.650. The van der Waals surface area contributed by atoms with Crippen LogP contribution in [0.5, 0.6) is 5.75 Å². The molecule has 0 radical (unpaired) electrons. The molecule has 1 saturated heterocycles. The van der Waals surface area contributed by atoms with Crippen LogP contribution in [-0.2, 0) is 6.54 Å². The zero-order valence-electron chi connectivity index (χ0n) is 16.3. The number of hydrogen-bond donors (Lipinski definition) is 2. The molecule has 140 valence electrons. The Labute approximate surface area is 152 Å². The molecule has 25 heavy (non-hydrogen) atoms. The summed E-state index contributed by atoms with van der Waals surface area (Å²) >= 11 is 0. The van der Waals surface area contributed by atoms with Gasteiger partial charge < -0.3 is 20.3 Å². The van der Waals surface area contributed by atoms with E-state index in [1.165, 1.54) is 38.0 Å². The molecule has 0 aliphatic carbocycles. The molecule has 0 spiro atoms. The van der Waals surface area contributed by atoms with Crippen molar-refractivity contribution >= 4 is 5.96 Å². The molecule has 0 amide bonds. The van der Waals surface area contributed by atoms with Crippen LogP contribution in [0.15, 0.2) is 23.2 Å². The number of methoxy groups -OCH3 is 1. The van der Waals surface area contributed by atoms with Crippen LogP contribution in [0.25, 0.3) is 0 Å².